The molecule has 0 aliphatic carbocycles. The lowest BCUT2D eigenvalue weighted by atomic mass is 10.1. The van der Waals surface area contributed by atoms with Crippen LogP contribution in [0.2, 0.25) is 0 Å². The quantitative estimate of drug-likeness (QED) is 0.204. The zero-order valence-electron chi connectivity index (χ0n) is 22.2. The predicted molar refractivity (Wildman–Crippen MR) is 161 cm³/mol. The lowest BCUT2D eigenvalue weighted by molar-refractivity contribution is 0.103. The summed E-state index contributed by atoms with van der Waals surface area (Å²) in [6, 6.07) is 38.7. The average molecular weight is 547 g/mol. The molecule has 0 amide bonds. The van der Waals surface area contributed by atoms with Crippen LogP contribution >= 0.6 is 0 Å². The van der Waals surface area contributed by atoms with Crippen LogP contribution in [0.1, 0.15) is 16.2 Å². The van der Waals surface area contributed by atoms with Gasteiger partial charge in [0.2, 0.25) is 5.78 Å². The number of rotatable bonds is 4. The fourth-order valence-electron chi connectivity index (χ4n) is 5.46. The number of ketones is 1. The number of carbonyl (C=O) groups is 1. The number of benzene rings is 4. The summed E-state index contributed by atoms with van der Waals surface area (Å²) in [4.78, 5) is 27.0. The smallest absolute Gasteiger partial charge is 0.229 e. The highest BCUT2D eigenvalue weighted by Gasteiger charge is 2.28. The molecule has 6 aromatic rings. The summed E-state index contributed by atoms with van der Waals surface area (Å²) >= 11 is 0. The van der Waals surface area contributed by atoms with Crippen molar-refractivity contribution in [2.45, 2.75) is 0 Å². The van der Waals surface area contributed by atoms with Gasteiger partial charge < -0.3 is 19.3 Å². The molecule has 4 heterocycles. The molecule has 2 aliphatic rings. The van der Waals surface area contributed by atoms with Gasteiger partial charge >= 0.3 is 0 Å². The maximum Gasteiger partial charge on any atom is 0.229 e. The Morgan fingerprint density at radius 1 is 0.476 bits per heavy atom. The van der Waals surface area contributed by atoms with Gasteiger partial charge in [-0.2, -0.15) is 0 Å². The predicted octanol–water partition coefficient (Wildman–Crippen LogP) is 8.86. The number of hydrogen-bond donors (Lipinski definition) is 0. The van der Waals surface area contributed by atoms with Crippen molar-refractivity contribution in [3.8, 4) is 23.0 Å². The Morgan fingerprint density at radius 2 is 0.810 bits per heavy atom. The van der Waals surface area contributed by atoms with Gasteiger partial charge in [0.25, 0.3) is 0 Å². The second-order valence-corrected chi connectivity index (χ2v) is 9.87. The fraction of sp³-hybridized carbons (Fsp3) is 0. The summed E-state index contributed by atoms with van der Waals surface area (Å²) in [7, 11) is 0. The largest absolute Gasteiger partial charge is 0.453 e. The molecule has 0 bridgehead atoms. The summed E-state index contributed by atoms with van der Waals surface area (Å²) < 4.78 is 12.3. The van der Waals surface area contributed by atoms with Crippen molar-refractivity contribution in [3.05, 3.63) is 145 Å². The zero-order valence-corrected chi connectivity index (χ0v) is 22.2. The van der Waals surface area contributed by atoms with E-state index in [1.54, 1.807) is 24.5 Å². The Hall–Kier alpha value is -5.95. The molecule has 4 aromatic carbocycles. The number of anilines is 6. The van der Waals surface area contributed by atoms with Gasteiger partial charge in [-0.3, -0.25) is 14.8 Å². The van der Waals surface area contributed by atoms with Gasteiger partial charge in [0.15, 0.2) is 23.0 Å². The molecule has 0 saturated heterocycles. The van der Waals surface area contributed by atoms with E-state index < -0.39 is 0 Å². The summed E-state index contributed by atoms with van der Waals surface area (Å²) in [6.07, 6.45) is 3.31. The van der Waals surface area contributed by atoms with Crippen LogP contribution in [0, 0.1) is 0 Å². The van der Waals surface area contributed by atoms with E-state index in [1.807, 2.05) is 109 Å². The molecule has 0 N–H and O–H groups in total. The first-order valence-corrected chi connectivity index (χ1v) is 13.5. The van der Waals surface area contributed by atoms with Gasteiger partial charge in [-0.25, -0.2) is 0 Å². The zero-order chi connectivity index (χ0) is 28.0. The molecule has 2 aromatic heterocycles. The summed E-state index contributed by atoms with van der Waals surface area (Å²) in [5.74, 6) is 2.67. The number of pyridine rings is 2. The molecule has 7 heteroatoms. The average Bonchev–Trinajstić information content (AvgIpc) is 3.05. The lowest BCUT2D eigenvalue weighted by Gasteiger charge is -2.33. The number of carbonyl (C=O) groups excluding carboxylic acids is 1. The van der Waals surface area contributed by atoms with Crippen molar-refractivity contribution in [3.63, 3.8) is 0 Å². The van der Waals surface area contributed by atoms with E-state index in [-0.39, 0.29) is 5.78 Å². The Balaban J connectivity index is 1.19. The van der Waals surface area contributed by atoms with Crippen LogP contribution in [0.15, 0.2) is 134 Å². The van der Waals surface area contributed by atoms with Crippen LogP contribution in [0.5, 0.6) is 23.0 Å². The Bertz CT molecular complexity index is 1770. The van der Waals surface area contributed by atoms with Crippen molar-refractivity contribution >= 4 is 39.9 Å². The van der Waals surface area contributed by atoms with E-state index in [0.717, 1.165) is 57.1 Å². The van der Waals surface area contributed by atoms with Crippen molar-refractivity contribution in [2.75, 3.05) is 9.80 Å². The Kier molecular flexibility index (Phi) is 5.46. The molecule has 0 unspecified atom stereocenters. The number of para-hydroxylation sites is 8. The summed E-state index contributed by atoms with van der Waals surface area (Å²) in [6.45, 7) is 0. The Morgan fingerprint density at radius 3 is 1.17 bits per heavy atom. The first kappa shape index (κ1) is 23.9. The van der Waals surface area contributed by atoms with Gasteiger partial charge in [0.1, 0.15) is 11.4 Å². The SMILES string of the molecule is O=C(c1cc(N2c3ccccc3Oc3ccccc32)ccn1)c1cc(N2c3ccccc3Oc3ccccc32)ccn1. The van der Waals surface area contributed by atoms with Crippen LogP contribution in [0.3, 0.4) is 0 Å². The summed E-state index contributed by atoms with van der Waals surface area (Å²) in [5, 5.41) is 0. The van der Waals surface area contributed by atoms with Crippen LogP contribution < -0.4 is 19.3 Å². The molecule has 7 nitrogen and oxygen atoms in total. The molecular formula is C35H22N4O3. The van der Waals surface area contributed by atoms with Crippen molar-refractivity contribution in [1.82, 2.24) is 9.97 Å². The second-order valence-electron chi connectivity index (χ2n) is 9.87. The fourth-order valence-corrected chi connectivity index (χ4v) is 5.46. The highest BCUT2D eigenvalue weighted by molar-refractivity contribution is 6.08. The standard InChI is InChI=1S/C35H22N4O3/c40-35(25-21-23(17-19-36-25)38-27-9-1-5-13-31(27)41-32-14-6-2-10-28(32)38)26-22-24(18-20-37-26)39-29-11-3-7-15-33(29)42-34-16-8-4-12-30(34)39/h1-22H. The minimum atomic E-state index is -0.275. The minimum Gasteiger partial charge on any atom is -0.453 e. The lowest BCUT2D eigenvalue weighted by Crippen LogP contribution is -2.17. The third-order valence-corrected chi connectivity index (χ3v) is 7.33. The monoisotopic (exact) mass is 546 g/mol. The first-order valence-electron chi connectivity index (χ1n) is 13.5. The van der Waals surface area contributed by atoms with Gasteiger partial charge in [0.05, 0.1) is 34.1 Å². The van der Waals surface area contributed by atoms with E-state index >= 15 is 0 Å². The van der Waals surface area contributed by atoms with E-state index in [1.165, 1.54) is 0 Å². The van der Waals surface area contributed by atoms with Gasteiger partial charge in [-0.1, -0.05) is 48.5 Å². The topological polar surface area (TPSA) is 67.8 Å². The third-order valence-electron chi connectivity index (χ3n) is 7.33. The normalized spacial score (nSPS) is 12.7. The van der Waals surface area contributed by atoms with Crippen LogP contribution in [0.4, 0.5) is 34.1 Å². The van der Waals surface area contributed by atoms with Crippen molar-refractivity contribution in [1.29, 1.82) is 0 Å². The number of hydrogen-bond acceptors (Lipinski definition) is 7. The van der Waals surface area contributed by atoms with E-state index in [9.17, 15) is 4.79 Å². The van der Waals surface area contributed by atoms with E-state index in [0.29, 0.717) is 11.4 Å². The van der Waals surface area contributed by atoms with Crippen LogP contribution in [-0.4, -0.2) is 15.8 Å². The number of aromatic nitrogens is 2. The number of ether oxygens (including phenoxy) is 2. The minimum absolute atomic E-state index is 0.275. The maximum absolute atomic E-state index is 13.9. The number of fused-ring (bicyclic) bond motifs is 4. The molecular weight excluding hydrogens is 524 g/mol. The molecule has 0 fully saturated rings. The second kappa shape index (κ2) is 9.60. The molecule has 200 valence electrons. The summed E-state index contributed by atoms with van der Waals surface area (Å²) in [5.41, 5.74) is 5.70. The first-order chi connectivity index (χ1) is 20.7. The van der Waals surface area contributed by atoms with Crippen molar-refractivity contribution < 1.29 is 14.3 Å². The number of nitrogens with zero attached hydrogens (tertiary/aromatic N) is 4. The highest BCUT2D eigenvalue weighted by atomic mass is 16.5. The molecule has 0 atom stereocenters. The van der Waals surface area contributed by atoms with E-state index in [4.69, 9.17) is 9.47 Å². The van der Waals surface area contributed by atoms with Crippen LogP contribution in [-0.2, 0) is 0 Å². The van der Waals surface area contributed by atoms with Gasteiger partial charge in [-0.05, 0) is 72.8 Å². The Labute approximate surface area is 241 Å². The molecule has 0 spiro atoms. The molecule has 0 radical (unpaired) electrons. The molecule has 2 aliphatic heterocycles. The highest BCUT2D eigenvalue weighted by Crippen LogP contribution is 2.51. The molecule has 0 saturated carbocycles. The van der Waals surface area contributed by atoms with Crippen molar-refractivity contribution in [2.24, 2.45) is 0 Å². The molecule has 42 heavy (non-hydrogen) atoms. The third kappa shape index (κ3) is 3.87. The van der Waals surface area contributed by atoms with E-state index in [2.05, 4.69) is 19.8 Å². The van der Waals surface area contributed by atoms with Crippen LogP contribution in [0.25, 0.3) is 0 Å². The van der Waals surface area contributed by atoms with Gasteiger partial charge in [0, 0.05) is 12.4 Å². The van der Waals surface area contributed by atoms with Gasteiger partial charge in [-0.15, -0.1) is 0 Å². The maximum atomic E-state index is 13.9. The molecule has 8 rings (SSSR count).